The number of azo groups is 2. The summed E-state index contributed by atoms with van der Waals surface area (Å²) in [7, 11) is 0. The smallest absolute Gasteiger partial charge is 0.350 e. The number of rotatable bonds is 19. The molecule has 53 heavy (non-hydrogen) atoms. The molecule has 0 atom stereocenters. The number of benzene rings is 3. The molecule has 270 valence electrons. The van der Waals surface area contributed by atoms with Crippen LogP contribution < -0.4 is 23.9 Å². The first kappa shape index (κ1) is 36.7. The minimum absolute atomic E-state index is 0.0244. The Morgan fingerprint density at radius 3 is 2.04 bits per heavy atom. The van der Waals surface area contributed by atoms with Crippen LogP contribution in [0.1, 0.15) is 12.8 Å². The van der Waals surface area contributed by atoms with Gasteiger partial charge in [0.05, 0.1) is 49.8 Å². The van der Waals surface area contributed by atoms with Gasteiger partial charge in [-0.2, -0.15) is 5.11 Å². The van der Waals surface area contributed by atoms with Gasteiger partial charge in [0.1, 0.15) is 23.8 Å². The van der Waals surface area contributed by atoms with Crippen molar-refractivity contribution in [2.45, 2.75) is 39.0 Å². The fraction of sp³-hybridized carbons (Fsp3) is 0.244. The highest BCUT2D eigenvalue weighted by Gasteiger charge is 2.12. The van der Waals surface area contributed by atoms with Crippen molar-refractivity contribution in [1.82, 2.24) is 4.57 Å². The Balaban J connectivity index is 0.936. The van der Waals surface area contributed by atoms with Gasteiger partial charge in [0.25, 0.3) is 0 Å². The third-order valence-electron chi connectivity index (χ3n) is 8.59. The summed E-state index contributed by atoms with van der Waals surface area (Å²) in [5.41, 5.74) is 5.32. The zero-order valence-electron chi connectivity index (χ0n) is 29.8. The van der Waals surface area contributed by atoms with E-state index in [0.717, 1.165) is 79.0 Å². The highest BCUT2D eigenvalue weighted by molar-refractivity contribution is 5.61. The molecule has 12 heteroatoms. The lowest BCUT2D eigenvalue weighted by molar-refractivity contribution is -0.726. The molecule has 3 aromatic carbocycles. The van der Waals surface area contributed by atoms with Crippen molar-refractivity contribution in [3.05, 3.63) is 147 Å². The molecule has 12 nitrogen and oxygen atoms in total. The second-order valence-electron chi connectivity index (χ2n) is 12.5. The Hall–Kier alpha value is -6.11. The lowest BCUT2D eigenvalue weighted by atomic mass is 10.2. The number of aliphatic hydroxyl groups excluding tert-OH is 2. The molecule has 3 heterocycles. The fourth-order valence-corrected chi connectivity index (χ4v) is 5.88. The zero-order chi connectivity index (χ0) is 36.5. The van der Waals surface area contributed by atoms with Gasteiger partial charge >= 0.3 is 5.82 Å². The maximum Gasteiger partial charge on any atom is 0.350 e. The molecule has 0 radical (unpaired) electrons. The van der Waals surface area contributed by atoms with E-state index in [0.29, 0.717) is 13.1 Å². The van der Waals surface area contributed by atoms with Crippen LogP contribution in [0.4, 0.5) is 39.9 Å². The van der Waals surface area contributed by atoms with Gasteiger partial charge < -0.3 is 20.4 Å². The summed E-state index contributed by atoms with van der Waals surface area (Å²) in [4.78, 5) is 1.93. The number of anilines is 3. The van der Waals surface area contributed by atoms with Crippen LogP contribution in [0.5, 0.6) is 0 Å². The molecule has 3 N–H and O–H groups in total. The quantitative estimate of drug-likeness (QED) is 0.0626. The van der Waals surface area contributed by atoms with Crippen LogP contribution in [-0.2, 0) is 26.2 Å². The highest BCUT2D eigenvalue weighted by atomic mass is 16.3. The number of imidazole rings is 1. The number of aryl methyl sites for hydroxylation is 4. The second-order valence-corrected chi connectivity index (χ2v) is 12.5. The number of hydrogen-bond acceptors (Lipinski definition) is 8. The van der Waals surface area contributed by atoms with Crippen molar-refractivity contribution in [1.29, 1.82) is 0 Å². The van der Waals surface area contributed by atoms with E-state index in [2.05, 4.69) is 69.0 Å². The summed E-state index contributed by atoms with van der Waals surface area (Å²) >= 11 is 0. The van der Waals surface area contributed by atoms with E-state index in [9.17, 15) is 10.2 Å². The molecule has 0 aliphatic heterocycles. The Labute approximate surface area is 310 Å². The summed E-state index contributed by atoms with van der Waals surface area (Å²) in [6.45, 7) is 4.46. The third-order valence-corrected chi connectivity index (χ3v) is 8.59. The second kappa shape index (κ2) is 19.5. The molecule has 0 fully saturated rings. The van der Waals surface area contributed by atoms with Gasteiger partial charge in [0, 0.05) is 55.1 Å². The average molecular weight is 712 g/mol. The molecule has 0 amide bonds. The molecular weight excluding hydrogens is 665 g/mol. The lowest BCUT2D eigenvalue weighted by Crippen LogP contribution is -2.37. The molecule has 0 saturated carbocycles. The summed E-state index contributed by atoms with van der Waals surface area (Å²) in [6.07, 6.45) is 14.5. The molecule has 0 saturated heterocycles. The van der Waals surface area contributed by atoms with Crippen molar-refractivity contribution < 1.29 is 23.9 Å². The van der Waals surface area contributed by atoms with Crippen LogP contribution in [-0.4, -0.2) is 41.1 Å². The van der Waals surface area contributed by atoms with Gasteiger partial charge in [-0.3, -0.25) is 0 Å². The van der Waals surface area contributed by atoms with Crippen molar-refractivity contribution in [2.75, 3.05) is 36.5 Å². The Bertz CT molecular complexity index is 2040. The number of pyridine rings is 2. The van der Waals surface area contributed by atoms with Gasteiger partial charge in [-0.1, -0.05) is 24.3 Å². The molecule has 0 aliphatic carbocycles. The van der Waals surface area contributed by atoms with Gasteiger partial charge in [0.15, 0.2) is 18.9 Å². The summed E-state index contributed by atoms with van der Waals surface area (Å²) in [5, 5.41) is 39.9. The maximum atomic E-state index is 9.31. The van der Waals surface area contributed by atoms with Crippen LogP contribution in [0, 0.1) is 0 Å². The van der Waals surface area contributed by atoms with E-state index < -0.39 is 0 Å². The number of nitrogens with one attached hydrogen (secondary N) is 1. The normalized spacial score (nSPS) is 11.4. The number of aromatic nitrogens is 4. The van der Waals surface area contributed by atoms with E-state index in [1.165, 1.54) is 0 Å². The molecule has 0 unspecified atom stereocenters. The Morgan fingerprint density at radius 1 is 0.585 bits per heavy atom. The first-order valence-electron chi connectivity index (χ1n) is 18.0. The first-order valence-corrected chi connectivity index (χ1v) is 18.0. The number of para-hydroxylation sites is 1. The fourth-order valence-electron chi connectivity index (χ4n) is 5.88. The summed E-state index contributed by atoms with van der Waals surface area (Å²) < 4.78 is 8.73. The number of nitrogens with zero attached hydrogens (tertiary/aromatic N) is 9. The molecule has 6 aromatic rings. The van der Waals surface area contributed by atoms with Crippen LogP contribution in [0.2, 0.25) is 0 Å². The molecule has 0 bridgehead atoms. The van der Waals surface area contributed by atoms with E-state index >= 15 is 0 Å². The maximum absolute atomic E-state index is 9.31. The van der Waals surface area contributed by atoms with E-state index in [-0.39, 0.29) is 13.2 Å². The predicted octanol–water partition coefficient (Wildman–Crippen LogP) is 6.90. The average Bonchev–Trinajstić information content (AvgIpc) is 3.65. The predicted molar refractivity (Wildman–Crippen MR) is 204 cm³/mol. The Morgan fingerprint density at radius 2 is 1.26 bits per heavy atom. The van der Waals surface area contributed by atoms with Crippen molar-refractivity contribution in [3.8, 4) is 0 Å². The topological polar surface area (TPSA) is 122 Å². The van der Waals surface area contributed by atoms with Crippen LogP contribution in [0.3, 0.4) is 0 Å². The highest BCUT2D eigenvalue weighted by Crippen LogP contribution is 2.23. The van der Waals surface area contributed by atoms with Crippen molar-refractivity contribution >= 4 is 39.9 Å². The van der Waals surface area contributed by atoms with Gasteiger partial charge in [-0.15, -0.1) is 5.11 Å². The Kier molecular flexibility index (Phi) is 13.5. The molecule has 6 rings (SSSR count). The van der Waals surface area contributed by atoms with Gasteiger partial charge in [0.2, 0.25) is 6.33 Å². The zero-order valence-corrected chi connectivity index (χ0v) is 29.8. The first-order chi connectivity index (χ1) is 26.1. The van der Waals surface area contributed by atoms with E-state index in [1.54, 1.807) is 0 Å². The van der Waals surface area contributed by atoms with Crippen molar-refractivity contribution in [3.63, 3.8) is 0 Å². The molecule has 3 aromatic heterocycles. The lowest BCUT2D eigenvalue weighted by Gasteiger charge is -2.22. The third kappa shape index (κ3) is 11.4. The molecule has 0 spiro atoms. The van der Waals surface area contributed by atoms with Crippen LogP contribution in [0.15, 0.2) is 167 Å². The summed E-state index contributed by atoms with van der Waals surface area (Å²) in [6, 6.07) is 35.6. The minimum Gasteiger partial charge on any atom is -0.395 e. The van der Waals surface area contributed by atoms with Crippen LogP contribution in [0.25, 0.3) is 0 Å². The number of hydrogen-bond donors (Lipinski definition) is 3. The van der Waals surface area contributed by atoms with Gasteiger partial charge in [-0.05, 0) is 77.9 Å². The molecular formula is C41H47N10O2+3. The van der Waals surface area contributed by atoms with Crippen LogP contribution >= 0.6 is 0 Å². The SMILES string of the molecule is OCCN(CCO)c1ccc(/N=N/c2cccc[n+]2CCCn2cc[n+](CCC[n+]3cccc(/N=N/c4ccc(Nc5ccccc5)cc4)c3)c2)cc1. The number of aliphatic hydroxyl groups is 2. The monoisotopic (exact) mass is 711 g/mol. The van der Waals surface area contributed by atoms with Crippen molar-refractivity contribution in [2.24, 2.45) is 20.5 Å². The standard InChI is InChI=1S/C41H47N10O2/c52-31-29-50(30-32-53)40-19-17-38(18-20-40)44-46-41-12-4-5-25-51(41)26-8-24-49-28-27-48(34-49)23-7-22-47-21-6-11-39(33-47)45-43-37-15-13-36(14-16-37)42-35-9-2-1-3-10-35/h1-6,9-21,25,27-28,33-34,42,52-53H,7-8,22-24,26,29-32H2/q+3/b45-43+. The van der Waals surface area contributed by atoms with E-state index in [4.69, 9.17) is 0 Å². The minimum atomic E-state index is 0.0244. The largest absolute Gasteiger partial charge is 0.395 e. The van der Waals surface area contributed by atoms with Gasteiger partial charge in [-0.25, -0.2) is 18.3 Å². The van der Waals surface area contributed by atoms with E-state index in [1.807, 2.05) is 126 Å². The molecule has 0 aliphatic rings. The summed E-state index contributed by atoms with van der Waals surface area (Å²) in [5.74, 6) is 0.787.